The molecule has 0 aliphatic rings. The highest BCUT2D eigenvalue weighted by molar-refractivity contribution is 9.10. The van der Waals surface area contributed by atoms with Gasteiger partial charge in [0, 0.05) is 35.7 Å². The summed E-state index contributed by atoms with van der Waals surface area (Å²) in [5.74, 6) is 0.0705. The van der Waals surface area contributed by atoms with E-state index in [0.717, 1.165) is 6.42 Å². The molecule has 0 fully saturated rings. The van der Waals surface area contributed by atoms with Gasteiger partial charge in [0.05, 0.1) is 4.92 Å². The molecule has 1 aromatic rings. The molecule has 1 heterocycles. The zero-order valence-corrected chi connectivity index (χ0v) is 12.9. The molecule has 1 amide bonds. The first-order valence-electron chi connectivity index (χ1n) is 6.27. The van der Waals surface area contributed by atoms with Crippen molar-refractivity contribution in [3.8, 4) is 0 Å². The second kappa shape index (κ2) is 7.78. The highest BCUT2D eigenvalue weighted by Crippen LogP contribution is 2.25. The highest BCUT2D eigenvalue weighted by atomic mass is 79.9. The van der Waals surface area contributed by atoms with Gasteiger partial charge in [-0.25, -0.2) is 4.98 Å². The summed E-state index contributed by atoms with van der Waals surface area (Å²) in [4.78, 5) is 25.9. The maximum atomic E-state index is 11.6. The Bertz CT molecular complexity index is 496. The van der Waals surface area contributed by atoms with Crippen molar-refractivity contribution in [1.82, 2.24) is 10.3 Å². The Morgan fingerprint density at radius 3 is 2.90 bits per heavy atom. The van der Waals surface area contributed by atoms with Gasteiger partial charge in [-0.3, -0.25) is 14.9 Å². The molecule has 0 aliphatic heterocycles. The molecule has 7 nitrogen and oxygen atoms in total. The summed E-state index contributed by atoms with van der Waals surface area (Å²) in [6.07, 6.45) is 2.56. The second-order valence-corrected chi connectivity index (χ2v) is 5.25. The molecule has 0 saturated carbocycles. The summed E-state index contributed by atoms with van der Waals surface area (Å²) in [7, 11) is 0. The molecule has 1 unspecified atom stereocenters. The van der Waals surface area contributed by atoms with E-state index >= 15 is 0 Å². The number of amides is 1. The molecule has 20 heavy (non-hydrogen) atoms. The fourth-order valence-corrected chi connectivity index (χ4v) is 1.77. The fourth-order valence-electron chi connectivity index (χ4n) is 1.45. The van der Waals surface area contributed by atoms with E-state index in [1.807, 2.05) is 13.8 Å². The molecule has 0 spiro atoms. The van der Waals surface area contributed by atoms with Gasteiger partial charge in [-0.1, -0.05) is 6.92 Å². The standard InChI is InChI=1S/C12H17BrN4O3/c1-3-8(2)16-11(18)4-5-14-12-10(17(19)20)6-9(13)7-15-12/h6-8H,3-5H2,1-2H3,(H,14,15)(H,16,18). The summed E-state index contributed by atoms with van der Waals surface area (Å²) in [5.41, 5.74) is -0.123. The van der Waals surface area contributed by atoms with Gasteiger partial charge in [-0.2, -0.15) is 0 Å². The van der Waals surface area contributed by atoms with E-state index < -0.39 is 4.92 Å². The lowest BCUT2D eigenvalue weighted by atomic mass is 10.2. The van der Waals surface area contributed by atoms with Crippen LogP contribution < -0.4 is 10.6 Å². The first kappa shape index (κ1) is 16.4. The Labute approximate surface area is 125 Å². The van der Waals surface area contributed by atoms with Crippen LogP contribution >= 0.6 is 15.9 Å². The minimum Gasteiger partial charge on any atom is -0.364 e. The number of nitrogens with one attached hydrogen (secondary N) is 2. The number of halogens is 1. The number of anilines is 1. The predicted octanol–water partition coefficient (Wildman–Crippen LogP) is 2.47. The van der Waals surface area contributed by atoms with Crippen LogP contribution in [0.25, 0.3) is 0 Å². The number of hydrogen-bond donors (Lipinski definition) is 2. The summed E-state index contributed by atoms with van der Waals surface area (Å²) in [6, 6.07) is 1.50. The van der Waals surface area contributed by atoms with E-state index in [0.29, 0.717) is 4.47 Å². The lowest BCUT2D eigenvalue weighted by Gasteiger charge is -2.11. The molecule has 0 bridgehead atoms. The van der Waals surface area contributed by atoms with E-state index in [2.05, 4.69) is 31.5 Å². The van der Waals surface area contributed by atoms with E-state index in [1.165, 1.54) is 12.3 Å². The number of pyridine rings is 1. The minimum absolute atomic E-state index is 0.0911. The first-order valence-corrected chi connectivity index (χ1v) is 7.06. The Morgan fingerprint density at radius 2 is 2.30 bits per heavy atom. The van der Waals surface area contributed by atoms with Crippen LogP contribution in [0.5, 0.6) is 0 Å². The van der Waals surface area contributed by atoms with E-state index in [4.69, 9.17) is 0 Å². The van der Waals surface area contributed by atoms with Gasteiger partial charge < -0.3 is 10.6 Å². The second-order valence-electron chi connectivity index (χ2n) is 4.33. The minimum atomic E-state index is -0.515. The predicted molar refractivity (Wildman–Crippen MR) is 79.6 cm³/mol. The van der Waals surface area contributed by atoms with Crippen LogP contribution in [0.4, 0.5) is 11.5 Å². The van der Waals surface area contributed by atoms with Gasteiger partial charge in [0.2, 0.25) is 11.7 Å². The molecular weight excluding hydrogens is 328 g/mol. The van der Waals surface area contributed by atoms with Crippen molar-refractivity contribution >= 4 is 33.3 Å². The molecule has 0 aromatic carbocycles. The maximum absolute atomic E-state index is 11.6. The molecule has 1 atom stereocenters. The molecule has 0 radical (unpaired) electrons. The van der Waals surface area contributed by atoms with Crippen LogP contribution in [-0.2, 0) is 4.79 Å². The molecule has 0 aliphatic carbocycles. The van der Waals surface area contributed by atoms with E-state index in [1.54, 1.807) is 0 Å². The number of carbonyl (C=O) groups is 1. The third kappa shape index (κ3) is 5.12. The quantitative estimate of drug-likeness (QED) is 0.584. The van der Waals surface area contributed by atoms with Crippen LogP contribution in [0, 0.1) is 10.1 Å². The molecule has 1 rings (SSSR count). The summed E-state index contributed by atoms with van der Waals surface area (Å²) < 4.78 is 0.532. The molecule has 0 saturated heterocycles. The molecule has 110 valence electrons. The Morgan fingerprint density at radius 1 is 1.60 bits per heavy atom. The van der Waals surface area contributed by atoms with Crippen molar-refractivity contribution in [3.63, 3.8) is 0 Å². The molecule has 2 N–H and O–H groups in total. The summed E-state index contributed by atoms with van der Waals surface area (Å²) in [6.45, 7) is 4.20. The smallest absolute Gasteiger partial charge is 0.312 e. The largest absolute Gasteiger partial charge is 0.364 e. The first-order chi connectivity index (χ1) is 9.43. The molecule has 8 heteroatoms. The average molecular weight is 345 g/mol. The normalized spacial score (nSPS) is 11.8. The van der Waals surface area contributed by atoms with Gasteiger partial charge in [0.25, 0.3) is 0 Å². The van der Waals surface area contributed by atoms with Crippen molar-refractivity contribution in [2.75, 3.05) is 11.9 Å². The van der Waals surface area contributed by atoms with Gasteiger partial charge in [-0.05, 0) is 29.3 Å². The number of aromatic nitrogens is 1. The third-order valence-corrected chi connectivity index (χ3v) is 3.13. The zero-order chi connectivity index (χ0) is 15.1. The lowest BCUT2D eigenvalue weighted by molar-refractivity contribution is -0.384. The third-order valence-electron chi connectivity index (χ3n) is 2.70. The van der Waals surface area contributed by atoms with Crippen molar-refractivity contribution in [3.05, 3.63) is 26.9 Å². The van der Waals surface area contributed by atoms with Crippen LogP contribution in [0.1, 0.15) is 26.7 Å². The van der Waals surface area contributed by atoms with Crippen molar-refractivity contribution in [2.45, 2.75) is 32.7 Å². The van der Waals surface area contributed by atoms with Gasteiger partial charge in [0.1, 0.15) is 0 Å². The number of nitro groups is 1. The molecule has 1 aromatic heterocycles. The summed E-state index contributed by atoms with van der Waals surface area (Å²) >= 11 is 3.13. The average Bonchev–Trinajstić information content (AvgIpc) is 2.39. The van der Waals surface area contributed by atoms with Crippen molar-refractivity contribution in [2.24, 2.45) is 0 Å². The van der Waals surface area contributed by atoms with Crippen LogP contribution in [0.2, 0.25) is 0 Å². The Hall–Kier alpha value is -1.70. The highest BCUT2D eigenvalue weighted by Gasteiger charge is 2.15. The monoisotopic (exact) mass is 344 g/mol. The number of nitrogens with zero attached hydrogens (tertiary/aromatic N) is 2. The maximum Gasteiger partial charge on any atom is 0.312 e. The van der Waals surface area contributed by atoms with Gasteiger partial charge >= 0.3 is 5.69 Å². The number of carbonyl (C=O) groups excluding carboxylic acids is 1. The zero-order valence-electron chi connectivity index (χ0n) is 11.4. The van der Waals surface area contributed by atoms with Crippen LogP contribution in [0.15, 0.2) is 16.7 Å². The van der Waals surface area contributed by atoms with Crippen LogP contribution in [-0.4, -0.2) is 28.4 Å². The van der Waals surface area contributed by atoms with E-state index in [-0.39, 0.29) is 36.4 Å². The van der Waals surface area contributed by atoms with Gasteiger partial charge in [-0.15, -0.1) is 0 Å². The van der Waals surface area contributed by atoms with Gasteiger partial charge in [0.15, 0.2) is 0 Å². The fraction of sp³-hybridized carbons (Fsp3) is 0.500. The number of rotatable bonds is 7. The number of hydrogen-bond acceptors (Lipinski definition) is 5. The van der Waals surface area contributed by atoms with E-state index in [9.17, 15) is 14.9 Å². The van der Waals surface area contributed by atoms with Crippen molar-refractivity contribution in [1.29, 1.82) is 0 Å². The van der Waals surface area contributed by atoms with Crippen molar-refractivity contribution < 1.29 is 9.72 Å². The molecular formula is C12H17BrN4O3. The summed E-state index contributed by atoms with van der Waals surface area (Å²) in [5, 5.41) is 16.5. The Kier molecular flexibility index (Phi) is 6.37. The van der Waals surface area contributed by atoms with Crippen LogP contribution in [0.3, 0.4) is 0 Å². The lowest BCUT2D eigenvalue weighted by Crippen LogP contribution is -2.33. The SMILES string of the molecule is CCC(C)NC(=O)CCNc1ncc(Br)cc1[N+](=O)[O-]. The topological polar surface area (TPSA) is 97.2 Å². The Balaban J connectivity index is 2.54.